The monoisotopic (exact) mass is 621 g/mol. The van der Waals surface area contributed by atoms with Crippen molar-refractivity contribution in [1.82, 2.24) is 0 Å². The fraction of sp³-hybridized carbons (Fsp3) is 0.0833. The van der Waals surface area contributed by atoms with Crippen LogP contribution in [0.5, 0.6) is 0 Å². The lowest BCUT2D eigenvalue weighted by Crippen LogP contribution is -2.17. The van der Waals surface area contributed by atoms with Gasteiger partial charge >= 0.3 is 0 Å². The van der Waals surface area contributed by atoms with Crippen LogP contribution in [0.4, 0.5) is 5.69 Å². The number of anilines is 1. The molecule has 1 aliphatic heterocycles. The third-order valence-electron chi connectivity index (χ3n) is 5.24. The Bertz CT molecular complexity index is 1500. The van der Waals surface area contributed by atoms with Gasteiger partial charge in [0.05, 0.1) is 10.7 Å². The first-order valence-electron chi connectivity index (χ1n) is 9.93. The highest BCUT2D eigenvalue weighted by atomic mass is 79.9. The van der Waals surface area contributed by atoms with Gasteiger partial charge < -0.3 is 4.90 Å². The van der Waals surface area contributed by atoms with E-state index in [2.05, 4.69) is 61.0 Å². The molecule has 4 aromatic rings. The number of hydrogen-bond acceptors (Lipinski definition) is 5. The van der Waals surface area contributed by atoms with Crippen molar-refractivity contribution in [2.45, 2.75) is 17.2 Å². The Balaban J connectivity index is 1.65. The van der Waals surface area contributed by atoms with Crippen molar-refractivity contribution >= 4 is 86.9 Å². The van der Waals surface area contributed by atoms with E-state index in [4.69, 9.17) is 0 Å². The first-order chi connectivity index (χ1) is 15.8. The lowest BCUT2D eigenvalue weighted by atomic mass is 10.1. The van der Waals surface area contributed by atoms with E-state index in [1.54, 1.807) is 11.8 Å². The van der Waals surface area contributed by atoms with Crippen molar-refractivity contribution in [2.75, 3.05) is 4.90 Å². The average Bonchev–Trinajstić information content (AvgIpc) is 3.26. The summed E-state index contributed by atoms with van der Waals surface area (Å²) in [6.07, 6.45) is 2.04. The molecule has 4 nitrogen and oxygen atoms in total. The number of hydrogen-bond donors (Lipinski definition) is 1. The molecule has 1 N–H and O–H groups in total. The lowest BCUT2D eigenvalue weighted by molar-refractivity contribution is 0.482. The fourth-order valence-electron chi connectivity index (χ4n) is 3.81. The molecular weight excluding hydrogens is 606 g/mol. The summed E-state index contributed by atoms with van der Waals surface area (Å²) in [6, 6.07) is 22.3. The molecule has 168 valence electrons. The van der Waals surface area contributed by atoms with E-state index in [1.807, 2.05) is 48.5 Å². The minimum absolute atomic E-state index is 0.426. The number of halogens is 2. The first kappa shape index (κ1) is 23.1. The van der Waals surface area contributed by atoms with Crippen LogP contribution in [0.25, 0.3) is 16.2 Å². The Hall–Kier alpha value is -1.62. The van der Waals surface area contributed by atoms with Crippen molar-refractivity contribution in [3.63, 3.8) is 0 Å². The van der Waals surface area contributed by atoms with Crippen molar-refractivity contribution in [3.8, 4) is 0 Å². The van der Waals surface area contributed by atoms with Gasteiger partial charge in [0.2, 0.25) is 0 Å². The molecule has 9 heteroatoms. The van der Waals surface area contributed by atoms with Gasteiger partial charge in [-0.15, -0.1) is 11.3 Å². The van der Waals surface area contributed by atoms with Crippen LogP contribution in [0.1, 0.15) is 16.0 Å². The van der Waals surface area contributed by atoms with Crippen molar-refractivity contribution in [3.05, 3.63) is 96.7 Å². The second-order valence-electron chi connectivity index (χ2n) is 7.58. The van der Waals surface area contributed by atoms with Crippen LogP contribution in [-0.2, 0) is 22.4 Å². The predicted molar refractivity (Wildman–Crippen MR) is 145 cm³/mol. The normalized spacial score (nSPS) is 14.9. The van der Waals surface area contributed by atoms with Gasteiger partial charge in [-0.1, -0.05) is 74.0 Å². The van der Waals surface area contributed by atoms with E-state index >= 15 is 0 Å². The summed E-state index contributed by atoms with van der Waals surface area (Å²) in [5, 5.41) is 1.84. The maximum atomic E-state index is 11.8. The lowest BCUT2D eigenvalue weighted by Gasteiger charge is -2.21. The molecular formula is C24H17Br2NO3S3. The van der Waals surface area contributed by atoms with Crippen molar-refractivity contribution < 1.29 is 13.0 Å². The van der Waals surface area contributed by atoms with Crippen LogP contribution in [-0.4, -0.2) is 13.0 Å². The van der Waals surface area contributed by atoms with E-state index in [0.717, 1.165) is 39.5 Å². The molecule has 33 heavy (non-hydrogen) atoms. The summed E-state index contributed by atoms with van der Waals surface area (Å²) >= 11 is 10.3. The SMILES string of the molecule is O=S(=O)(O)Cc1c(C=C2Sc3ccc(Br)cc3N2Cc2ccccc2)sc2ccc(Br)cc12. The maximum Gasteiger partial charge on any atom is 0.269 e. The van der Waals surface area contributed by atoms with Gasteiger partial charge in [-0.05, 0) is 59.0 Å². The Morgan fingerprint density at radius 1 is 0.970 bits per heavy atom. The topological polar surface area (TPSA) is 57.6 Å². The molecule has 1 aromatic heterocycles. The summed E-state index contributed by atoms with van der Waals surface area (Å²) in [5.74, 6) is -0.426. The molecule has 3 aromatic carbocycles. The molecule has 0 amide bonds. The smallest absolute Gasteiger partial charge is 0.269 e. The maximum absolute atomic E-state index is 11.8. The average molecular weight is 623 g/mol. The number of fused-ring (bicyclic) bond motifs is 2. The minimum Gasteiger partial charge on any atom is -0.330 e. The molecule has 0 bridgehead atoms. The first-order valence-corrected chi connectivity index (χ1v) is 14.8. The quantitative estimate of drug-likeness (QED) is 0.229. The Morgan fingerprint density at radius 3 is 2.45 bits per heavy atom. The van der Waals surface area contributed by atoms with Crippen LogP contribution < -0.4 is 4.90 Å². The zero-order valence-corrected chi connectivity index (χ0v) is 22.7. The van der Waals surface area contributed by atoms with Gasteiger partial charge in [-0.3, -0.25) is 4.55 Å². The molecule has 0 unspecified atom stereocenters. The Morgan fingerprint density at radius 2 is 1.70 bits per heavy atom. The van der Waals surface area contributed by atoms with Gasteiger partial charge in [0.1, 0.15) is 5.75 Å². The summed E-state index contributed by atoms with van der Waals surface area (Å²) in [6.45, 7) is 0.688. The second kappa shape index (κ2) is 9.20. The Kier molecular flexibility index (Phi) is 6.45. The molecule has 5 rings (SSSR count). The van der Waals surface area contributed by atoms with Crippen LogP contribution in [0.15, 0.2) is 85.6 Å². The van der Waals surface area contributed by atoms with Crippen LogP contribution in [0.3, 0.4) is 0 Å². The van der Waals surface area contributed by atoms with E-state index in [0.29, 0.717) is 12.1 Å². The van der Waals surface area contributed by atoms with E-state index in [-0.39, 0.29) is 0 Å². The third kappa shape index (κ3) is 5.08. The molecule has 1 aliphatic rings. The van der Waals surface area contributed by atoms with Crippen LogP contribution in [0.2, 0.25) is 0 Å². The number of rotatable bonds is 5. The summed E-state index contributed by atoms with van der Waals surface area (Å²) < 4.78 is 36.2. The molecule has 0 fully saturated rings. The molecule has 0 saturated heterocycles. The standard InChI is InChI=1S/C24H17Br2NO3S3/c25-16-6-8-21-18(10-16)19(14-33(28,29)30)23(31-21)12-24-27(13-15-4-2-1-3-5-15)20-11-17(26)7-9-22(20)32-24/h1-12H,13-14H2,(H,28,29,30). The minimum atomic E-state index is -4.19. The van der Waals surface area contributed by atoms with E-state index < -0.39 is 15.9 Å². The summed E-state index contributed by atoms with van der Waals surface area (Å²) in [5.41, 5.74) is 2.89. The van der Waals surface area contributed by atoms with Gasteiger partial charge in [0.25, 0.3) is 10.1 Å². The summed E-state index contributed by atoms with van der Waals surface area (Å²) in [7, 11) is -4.19. The van der Waals surface area contributed by atoms with Gasteiger partial charge in [0.15, 0.2) is 0 Å². The number of benzene rings is 3. The zero-order chi connectivity index (χ0) is 23.2. The van der Waals surface area contributed by atoms with Gasteiger partial charge in [-0.2, -0.15) is 8.42 Å². The highest BCUT2D eigenvalue weighted by Gasteiger charge is 2.27. The van der Waals surface area contributed by atoms with Crippen molar-refractivity contribution in [1.29, 1.82) is 0 Å². The van der Waals surface area contributed by atoms with Crippen LogP contribution in [0, 0.1) is 0 Å². The highest BCUT2D eigenvalue weighted by Crippen LogP contribution is 2.49. The largest absolute Gasteiger partial charge is 0.330 e. The van der Waals surface area contributed by atoms with E-state index in [9.17, 15) is 13.0 Å². The summed E-state index contributed by atoms with van der Waals surface area (Å²) in [4.78, 5) is 4.21. The highest BCUT2D eigenvalue weighted by molar-refractivity contribution is 9.10. The zero-order valence-electron chi connectivity index (χ0n) is 17.0. The van der Waals surface area contributed by atoms with Gasteiger partial charge in [-0.25, -0.2) is 0 Å². The van der Waals surface area contributed by atoms with Crippen LogP contribution >= 0.6 is 55.0 Å². The number of thioether (sulfide) groups is 1. The molecule has 0 atom stereocenters. The molecule has 0 spiro atoms. The van der Waals surface area contributed by atoms with Crippen molar-refractivity contribution in [2.24, 2.45) is 0 Å². The second-order valence-corrected chi connectivity index (χ2v) is 13.0. The Labute approximate surface area is 217 Å². The fourth-order valence-corrected chi connectivity index (χ4v) is 7.59. The molecule has 0 radical (unpaired) electrons. The van der Waals surface area contributed by atoms with Gasteiger partial charge in [0, 0.05) is 30.0 Å². The number of nitrogens with zero attached hydrogens (tertiary/aromatic N) is 1. The van der Waals surface area contributed by atoms with E-state index in [1.165, 1.54) is 16.9 Å². The third-order valence-corrected chi connectivity index (χ3v) is 9.15. The predicted octanol–water partition coefficient (Wildman–Crippen LogP) is 7.93. The molecule has 0 aliphatic carbocycles. The molecule has 0 saturated carbocycles. The molecule has 2 heterocycles. The number of thiophene rings is 1.